The number of carbonyl (C=O) groups is 2. The minimum atomic E-state index is -1.08. The van der Waals surface area contributed by atoms with Gasteiger partial charge in [-0.1, -0.05) is 53.8 Å². The predicted octanol–water partition coefficient (Wildman–Crippen LogP) is 3.35. The van der Waals surface area contributed by atoms with Gasteiger partial charge in [0.2, 0.25) is 0 Å². The molecule has 1 aliphatic rings. The lowest BCUT2D eigenvalue weighted by Crippen LogP contribution is -2.40. The number of nitrogens with zero attached hydrogens (tertiary/aromatic N) is 2. The number of hydrogen-bond acceptors (Lipinski definition) is 7. The van der Waals surface area contributed by atoms with Crippen LogP contribution in [0, 0.1) is 0 Å². The van der Waals surface area contributed by atoms with Crippen LogP contribution in [0.1, 0.15) is 24.1 Å². The molecule has 1 amide bonds. The van der Waals surface area contributed by atoms with E-state index in [1.165, 1.54) is 15.9 Å². The summed E-state index contributed by atoms with van der Waals surface area (Å²) in [6.45, 7) is 1.29. The van der Waals surface area contributed by atoms with Gasteiger partial charge < -0.3 is 19.9 Å². The van der Waals surface area contributed by atoms with Crippen molar-refractivity contribution in [2.45, 2.75) is 13.0 Å². The van der Waals surface area contributed by atoms with Gasteiger partial charge in [-0.15, -0.1) is 0 Å². The number of para-hydroxylation sites is 1. The molecule has 0 saturated carbocycles. The van der Waals surface area contributed by atoms with Crippen molar-refractivity contribution in [1.82, 2.24) is 4.57 Å². The molecule has 0 spiro atoms. The van der Waals surface area contributed by atoms with Gasteiger partial charge in [0.15, 0.2) is 11.4 Å². The van der Waals surface area contributed by atoms with E-state index in [1.807, 2.05) is 30.3 Å². The number of anilines is 1. The third-order valence-electron chi connectivity index (χ3n) is 6.25. The van der Waals surface area contributed by atoms with Crippen LogP contribution >= 0.6 is 11.3 Å². The molecule has 40 heavy (non-hydrogen) atoms. The van der Waals surface area contributed by atoms with Crippen LogP contribution in [0.5, 0.6) is 11.5 Å². The molecule has 0 saturated heterocycles. The number of fused-ring (bicyclic) bond motifs is 1. The Hall–Kier alpha value is -4.96. The second kappa shape index (κ2) is 11.4. The van der Waals surface area contributed by atoms with E-state index in [-0.39, 0.29) is 11.5 Å². The molecule has 2 heterocycles. The Bertz CT molecular complexity index is 1790. The summed E-state index contributed by atoms with van der Waals surface area (Å²) >= 11 is 1.21. The van der Waals surface area contributed by atoms with Crippen LogP contribution in [-0.4, -0.2) is 35.3 Å². The Kier molecular flexibility index (Phi) is 7.61. The molecule has 0 aliphatic carbocycles. The van der Waals surface area contributed by atoms with Gasteiger partial charge in [-0.2, -0.15) is 0 Å². The molecule has 202 valence electrons. The highest BCUT2D eigenvalue weighted by Gasteiger charge is 2.32. The zero-order valence-corrected chi connectivity index (χ0v) is 22.5. The molecule has 0 bridgehead atoms. The molecule has 2 N–H and O–H groups in total. The Labute approximate surface area is 233 Å². The number of allylic oxidation sites excluding steroid dienone is 1. The van der Waals surface area contributed by atoms with Crippen molar-refractivity contribution in [3.8, 4) is 11.5 Å². The highest BCUT2D eigenvalue weighted by molar-refractivity contribution is 7.07. The topological polar surface area (TPSA) is 119 Å². The third-order valence-corrected chi connectivity index (χ3v) is 7.23. The van der Waals surface area contributed by atoms with Crippen LogP contribution in [-0.2, 0) is 9.59 Å². The van der Waals surface area contributed by atoms with Crippen molar-refractivity contribution in [2.75, 3.05) is 19.0 Å². The van der Waals surface area contributed by atoms with Crippen molar-refractivity contribution in [2.24, 2.45) is 4.99 Å². The van der Waals surface area contributed by atoms with Crippen molar-refractivity contribution in [3.05, 3.63) is 121 Å². The Balaban J connectivity index is 1.61. The molecule has 10 heteroatoms. The van der Waals surface area contributed by atoms with E-state index in [0.29, 0.717) is 43.4 Å². The molecule has 0 unspecified atom stereocenters. The Morgan fingerprint density at radius 3 is 2.50 bits per heavy atom. The first-order valence-corrected chi connectivity index (χ1v) is 13.1. The van der Waals surface area contributed by atoms with E-state index in [9.17, 15) is 14.4 Å². The number of rotatable bonds is 8. The van der Waals surface area contributed by atoms with Crippen LogP contribution in [0.4, 0.5) is 5.69 Å². The average molecular weight is 556 g/mol. The van der Waals surface area contributed by atoms with E-state index in [0.717, 1.165) is 5.56 Å². The van der Waals surface area contributed by atoms with Crippen LogP contribution in [0.15, 0.2) is 99.9 Å². The molecule has 0 fully saturated rings. The lowest BCUT2D eigenvalue weighted by Gasteiger charge is -2.25. The Morgan fingerprint density at radius 1 is 1.05 bits per heavy atom. The largest absolute Gasteiger partial charge is 0.497 e. The summed E-state index contributed by atoms with van der Waals surface area (Å²) in [6, 6.07) is 22.4. The molecular weight excluding hydrogens is 530 g/mol. The number of benzene rings is 3. The number of aliphatic carboxylic acids is 1. The summed E-state index contributed by atoms with van der Waals surface area (Å²) in [7, 11) is 1.57. The van der Waals surface area contributed by atoms with Gasteiger partial charge in [-0.3, -0.25) is 14.2 Å². The van der Waals surface area contributed by atoms with Gasteiger partial charge in [0, 0.05) is 5.69 Å². The fourth-order valence-corrected chi connectivity index (χ4v) is 5.47. The van der Waals surface area contributed by atoms with Gasteiger partial charge in [0.1, 0.15) is 11.5 Å². The van der Waals surface area contributed by atoms with E-state index >= 15 is 0 Å². The second-order valence-electron chi connectivity index (χ2n) is 8.93. The SMILES string of the molecule is COc1ccc([C@@H]2C(C(=O)Nc3ccccc3)=C(C)N=c3s/c(=C/c4cccc(OCC(=O)O)c4)c(=O)n32)cc1. The van der Waals surface area contributed by atoms with E-state index in [4.69, 9.17) is 14.6 Å². The lowest BCUT2D eigenvalue weighted by atomic mass is 9.95. The van der Waals surface area contributed by atoms with Crippen molar-refractivity contribution >= 4 is 35.0 Å². The number of carboxylic acid groups (broad SMARTS) is 1. The number of nitrogens with one attached hydrogen (secondary N) is 1. The molecule has 5 rings (SSSR count). The predicted molar refractivity (Wildman–Crippen MR) is 151 cm³/mol. The number of amides is 1. The zero-order chi connectivity index (χ0) is 28.2. The molecule has 1 atom stereocenters. The van der Waals surface area contributed by atoms with Crippen LogP contribution in [0.25, 0.3) is 6.08 Å². The first-order valence-electron chi connectivity index (χ1n) is 12.3. The van der Waals surface area contributed by atoms with Crippen molar-refractivity contribution in [3.63, 3.8) is 0 Å². The maximum Gasteiger partial charge on any atom is 0.341 e. The number of hydrogen-bond donors (Lipinski definition) is 2. The van der Waals surface area contributed by atoms with E-state index in [2.05, 4.69) is 10.3 Å². The Morgan fingerprint density at radius 2 is 1.80 bits per heavy atom. The van der Waals surface area contributed by atoms with Gasteiger partial charge in [-0.05, 0) is 60.5 Å². The van der Waals surface area contributed by atoms with Gasteiger partial charge in [-0.25, -0.2) is 9.79 Å². The lowest BCUT2D eigenvalue weighted by molar-refractivity contribution is -0.139. The summed E-state index contributed by atoms with van der Waals surface area (Å²) in [6.07, 6.45) is 1.70. The molecule has 4 aromatic rings. The number of carbonyl (C=O) groups excluding carboxylic acids is 1. The minimum Gasteiger partial charge on any atom is -0.497 e. The monoisotopic (exact) mass is 555 g/mol. The van der Waals surface area contributed by atoms with Gasteiger partial charge in [0.25, 0.3) is 11.5 Å². The molecule has 0 radical (unpaired) electrons. The van der Waals surface area contributed by atoms with Crippen LogP contribution in [0.2, 0.25) is 0 Å². The van der Waals surface area contributed by atoms with Gasteiger partial charge in [0.05, 0.1) is 29.0 Å². The van der Waals surface area contributed by atoms with Crippen LogP contribution < -0.4 is 29.7 Å². The highest BCUT2D eigenvalue weighted by Crippen LogP contribution is 2.31. The van der Waals surface area contributed by atoms with Crippen LogP contribution in [0.3, 0.4) is 0 Å². The smallest absolute Gasteiger partial charge is 0.341 e. The van der Waals surface area contributed by atoms with Crippen molar-refractivity contribution in [1.29, 1.82) is 0 Å². The van der Waals surface area contributed by atoms with E-state index < -0.39 is 18.6 Å². The summed E-state index contributed by atoms with van der Waals surface area (Å²) in [5.74, 6) is -0.418. The van der Waals surface area contributed by atoms with Gasteiger partial charge >= 0.3 is 5.97 Å². The maximum absolute atomic E-state index is 13.9. The highest BCUT2D eigenvalue weighted by atomic mass is 32.1. The summed E-state index contributed by atoms with van der Waals surface area (Å²) in [5, 5.41) is 11.8. The number of methoxy groups -OCH3 is 1. The summed E-state index contributed by atoms with van der Waals surface area (Å²) in [5.41, 5.74) is 2.57. The molecule has 9 nitrogen and oxygen atoms in total. The quantitative estimate of drug-likeness (QED) is 0.344. The molecule has 3 aromatic carbocycles. The molecular formula is C30H25N3O6S. The normalized spacial score (nSPS) is 14.8. The summed E-state index contributed by atoms with van der Waals surface area (Å²) < 4.78 is 12.5. The standard InChI is InChI=1S/C30H25N3O6S/c1-18-26(28(36)32-21-8-4-3-5-9-21)27(20-11-13-22(38-2)14-12-20)33-29(37)24(40-30(33)31-18)16-19-7-6-10-23(15-19)39-17-25(34)35/h3-16,27H,17H2,1-2H3,(H,32,36)(H,34,35)/b24-16+/t27-/m1/s1. The molecule has 1 aromatic heterocycles. The van der Waals surface area contributed by atoms with E-state index in [1.54, 1.807) is 68.6 Å². The number of ether oxygens (including phenoxy) is 2. The number of thiazole rings is 1. The molecule has 1 aliphatic heterocycles. The maximum atomic E-state index is 13.9. The minimum absolute atomic E-state index is 0.307. The number of aromatic nitrogens is 1. The zero-order valence-electron chi connectivity index (χ0n) is 21.7. The second-order valence-corrected chi connectivity index (χ2v) is 9.94. The fourth-order valence-electron chi connectivity index (χ4n) is 4.42. The first-order chi connectivity index (χ1) is 19.3. The van der Waals surface area contributed by atoms with Crippen molar-refractivity contribution < 1.29 is 24.2 Å². The average Bonchev–Trinajstić information content (AvgIpc) is 3.25. The summed E-state index contributed by atoms with van der Waals surface area (Å²) in [4.78, 5) is 43.5. The first kappa shape index (κ1) is 26.6. The third kappa shape index (κ3) is 5.57. The fraction of sp³-hybridized carbons (Fsp3) is 0.133. The number of carboxylic acids is 1.